The fraction of sp³-hybridized carbons (Fsp3) is 0.273. The number of carbonyl (C=O) groups is 1. The molecule has 0 saturated carbocycles. The SMILES string of the molecule is CN(Cc1nc(-c2ccc(-c3ccccc3)cc2)c[nH]1)C(=O)OC(C)(C)C. The van der Waals surface area contributed by atoms with E-state index < -0.39 is 5.60 Å². The van der Waals surface area contributed by atoms with Gasteiger partial charge in [0.1, 0.15) is 11.4 Å². The molecule has 0 spiro atoms. The van der Waals surface area contributed by atoms with E-state index in [9.17, 15) is 4.79 Å². The summed E-state index contributed by atoms with van der Waals surface area (Å²) in [7, 11) is 1.70. The number of aromatic amines is 1. The predicted octanol–water partition coefficient (Wildman–Crippen LogP) is 5.11. The van der Waals surface area contributed by atoms with Crippen molar-refractivity contribution in [1.82, 2.24) is 14.9 Å². The molecule has 0 fully saturated rings. The lowest BCUT2D eigenvalue weighted by atomic mass is 10.0. The number of carbonyl (C=O) groups excluding carboxylic acids is 1. The van der Waals surface area contributed by atoms with Gasteiger partial charge in [-0.15, -0.1) is 0 Å². The monoisotopic (exact) mass is 363 g/mol. The summed E-state index contributed by atoms with van der Waals surface area (Å²) < 4.78 is 5.36. The van der Waals surface area contributed by atoms with Crippen molar-refractivity contribution in [3.8, 4) is 22.4 Å². The summed E-state index contributed by atoms with van der Waals surface area (Å²) in [4.78, 5) is 21.3. The van der Waals surface area contributed by atoms with Gasteiger partial charge in [0.05, 0.1) is 12.2 Å². The molecule has 140 valence electrons. The van der Waals surface area contributed by atoms with Gasteiger partial charge < -0.3 is 14.6 Å². The van der Waals surface area contributed by atoms with Crippen LogP contribution < -0.4 is 0 Å². The van der Waals surface area contributed by atoms with Gasteiger partial charge in [-0.05, 0) is 31.9 Å². The van der Waals surface area contributed by atoms with Crippen LogP contribution in [0.2, 0.25) is 0 Å². The second-order valence-corrected chi connectivity index (χ2v) is 7.51. The number of ether oxygens (including phenoxy) is 1. The molecule has 2 aromatic carbocycles. The number of H-pyrrole nitrogens is 1. The molecule has 5 heteroatoms. The van der Waals surface area contributed by atoms with Gasteiger partial charge in [0.2, 0.25) is 0 Å². The van der Waals surface area contributed by atoms with Gasteiger partial charge in [-0.3, -0.25) is 0 Å². The molecule has 1 aromatic heterocycles. The molecule has 0 atom stereocenters. The number of nitrogens with one attached hydrogen (secondary N) is 1. The average molecular weight is 363 g/mol. The second-order valence-electron chi connectivity index (χ2n) is 7.51. The molecule has 5 nitrogen and oxygen atoms in total. The zero-order valence-corrected chi connectivity index (χ0v) is 16.2. The second kappa shape index (κ2) is 7.66. The van der Waals surface area contributed by atoms with Crippen LogP contribution in [0.1, 0.15) is 26.6 Å². The van der Waals surface area contributed by atoms with Crippen molar-refractivity contribution >= 4 is 6.09 Å². The molecule has 1 amide bonds. The molecule has 27 heavy (non-hydrogen) atoms. The van der Waals surface area contributed by atoms with E-state index in [1.807, 2.05) is 45.2 Å². The maximum absolute atomic E-state index is 12.1. The zero-order chi connectivity index (χ0) is 19.4. The third-order valence-corrected chi connectivity index (χ3v) is 4.01. The van der Waals surface area contributed by atoms with Crippen molar-refractivity contribution < 1.29 is 9.53 Å². The van der Waals surface area contributed by atoms with Crippen LogP contribution in [0.15, 0.2) is 60.8 Å². The van der Waals surface area contributed by atoms with Crippen LogP contribution >= 0.6 is 0 Å². The molecule has 0 aliphatic rings. The Morgan fingerprint density at radius 2 is 1.59 bits per heavy atom. The third-order valence-electron chi connectivity index (χ3n) is 4.01. The lowest BCUT2D eigenvalue weighted by Gasteiger charge is -2.24. The van der Waals surface area contributed by atoms with Crippen molar-refractivity contribution in [2.45, 2.75) is 32.9 Å². The van der Waals surface area contributed by atoms with Crippen LogP contribution in [0, 0.1) is 0 Å². The number of rotatable bonds is 4. The van der Waals surface area contributed by atoms with Gasteiger partial charge in [-0.1, -0.05) is 54.6 Å². The highest BCUT2D eigenvalue weighted by atomic mass is 16.6. The number of hydrogen-bond donors (Lipinski definition) is 1. The van der Waals surface area contributed by atoms with Crippen molar-refractivity contribution in [1.29, 1.82) is 0 Å². The summed E-state index contributed by atoms with van der Waals surface area (Å²) in [6, 6.07) is 18.5. The number of benzene rings is 2. The first-order valence-electron chi connectivity index (χ1n) is 8.96. The zero-order valence-electron chi connectivity index (χ0n) is 16.2. The Bertz CT molecular complexity index is 893. The van der Waals surface area contributed by atoms with Gasteiger partial charge >= 0.3 is 6.09 Å². The Hall–Kier alpha value is -3.08. The normalized spacial score (nSPS) is 11.3. The fourth-order valence-electron chi connectivity index (χ4n) is 2.68. The highest BCUT2D eigenvalue weighted by molar-refractivity contribution is 5.69. The van der Waals surface area contributed by atoms with E-state index >= 15 is 0 Å². The summed E-state index contributed by atoms with van der Waals surface area (Å²) in [5.74, 6) is 0.713. The van der Waals surface area contributed by atoms with Gasteiger partial charge in [-0.2, -0.15) is 0 Å². The van der Waals surface area contributed by atoms with E-state index in [0.29, 0.717) is 12.4 Å². The Balaban J connectivity index is 1.68. The van der Waals surface area contributed by atoms with E-state index in [0.717, 1.165) is 11.3 Å². The van der Waals surface area contributed by atoms with Crippen LogP contribution in [0.25, 0.3) is 22.4 Å². The van der Waals surface area contributed by atoms with E-state index in [2.05, 4.69) is 46.4 Å². The van der Waals surface area contributed by atoms with E-state index in [1.165, 1.54) is 16.0 Å². The maximum atomic E-state index is 12.1. The topological polar surface area (TPSA) is 58.2 Å². The molecule has 3 aromatic rings. The van der Waals surface area contributed by atoms with Gasteiger partial charge in [0.15, 0.2) is 0 Å². The minimum atomic E-state index is -0.514. The lowest BCUT2D eigenvalue weighted by Crippen LogP contribution is -2.34. The van der Waals surface area contributed by atoms with E-state index in [1.54, 1.807) is 7.05 Å². The van der Waals surface area contributed by atoms with Crippen LogP contribution in [0.4, 0.5) is 4.79 Å². The fourth-order valence-corrected chi connectivity index (χ4v) is 2.68. The van der Waals surface area contributed by atoms with Crippen LogP contribution in [-0.4, -0.2) is 33.6 Å². The van der Waals surface area contributed by atoms with E-state index in [-0.39, 0.29) is 6.09 Å². The van der Waals surface area contributed by atoms with E-state index in [4.69, 9.17) is 4.74 Å². The molecule has 1 heterocycles. The highest BCUT2D eigenvalue weighted by Crippen LogP contribution is 2.24. The largest absolute Gasteiger partial charge is 0.444 e. The Labute approximate surface area is 160 Å². The minimum Gasteiger partial charge on any atom is -0.444 e. The standard InChI is InChI=1S/C22H25N3O2/c1-22(2,3)27-21(26)25(4)15-20-23-14-19(24-20)18-12-10-17(11-13-18)16-8-6-5-7-9-16/h5-14H,15H2,1-4H3,(H,23,24). The smallest absolute Gasteiger partial charge is 0.410 e. The third kappa shape index (κ3) is 4.97. The average Bonchev–Trinajstić information content (AvgIpc) is 3.09. The molecule has 0 radical (unpaired) electrons. The number of amides is 1. The number of nitrogens with zero attached hydrogens (tertiary/aromatic N) is 2. The van der Waals surface area contributed by atoms with Crippen LogP contribution in [-0.2, 0) is 11.3 Å². The van der Waals surface area contributed by atoms with Crippen molar-refractivity contribution in [2.24, 2.45) is 0 Å². The summed E-state index contributed by atoms with van der Waals surface area (Å²) in [5, 5.41) is 0. The predicted molar refractivity (Wildman–Crippen MR) is 107 cm³/mol. The maximum Gasteiger partial charge on any atom is 0.410 e. The molecule has 1 N–H and O–H groups in total. The van der Waals surface area contributed by atoms with Gasteiger partial charge in [0.25, 0.3) is 0 Å². The van der Waals surface area contributed by atoms with Crippen molar-refractivity contribution in [2.75, 3.05) is 7.05 Å². The Kier molecular flexibility index (Phi) is 5.31. The first-order valence-corrected chi connectivity index (χ1v) is 8.96. The summed E-state index contributed by atoms with van der Waals surface area (Å²) in [6.45, 7) is 5.91. The summed E-state index contributed by atoms with van der Waals surface area (Å²) in [5.41, 5.74) is 3.71. The molecule has 0 saturated heterocycles. The quantitative estimate of drug-likeness (QED) is 0.701. The molecule has 0 aliphatic heterocycles. The number of hydrogen-bond acceptors (Lipinski definition) is 3. The first kappa shape index (κ1) is 18.7. The number of imidazole rings is 1. The van der Waals surface area contributed by atoms with Gasteiger partial charge in [0, 0.05) is 18.8 Å². The molecule has 0 unspecified atom stereocenters. The van der Waals surface area contributed by atoms with Crippen LogP contribution in [0.5, 0.6) is 0 Å². The molecule has 0 bridgehead atoms. The summed E-state index contributed by atoms with van der Waals surface area (Å²) >= 11 is 0. The van der Waals surface area contributed by atoms with Gasteiger partial charge in [-0.25, -0.2) is 9.78 Å². The molecular formula is C22H25N3O2. The van der Waals surface area contributed by atoms with Crippen molar-refractivity contribution in [3.63, 3.8) is 0 Å². The van der Waals surface area contributed by atoms with Crippen molar-refractivity contribution in [3.05, 3.63) is 66.6 Å². The Morgan fingerprint density at radius 1 is 1.00 bits per heavy atom. The minimum absolute atomic E-state index is 0.358. The van der Waals surface area contributed by atoms with Crippen LogP contribution in [0.3, 0.4) is 0 Å². The number of aromatic nitrogens is 2. The molecular weight excluding hydrogens is 338 g/mol. The first-order chi connectivity index (χ1) is 12.8. The Morgan fingerprint density at radius 3 is 2.22 bits per heavy atom. The lowest BCUT2D eigenvalue weighted by molar-refractivity contribution is 0.0281. The molecule has 0 aliphatic carbocycles. The highest BCUT2D eigenvalue weighted by Gasteiger charge is 2.20. The molecule has 3 rings (SSSR count). The summed E-state index contributed by atoms with van der Waals surface area (Å²) in [6.07, 6.45) is 1.49.